The van der Waals surface area contributed by atoms with E-state index >= 15 is 0 Å². The third-order valence-corrected chi connectivity index (χ3v) is 5.12. The van der Waals surface area contributed by atoms with Gasteiger partial charge in [0.1, 0.15) is 0 Å². The van der Waals surface area contributed by atoms with Gasteiger partial charge in [-0.15, -0.1) is 0 Å². The predicted molar refractivity (Wildman–Crippen MR) is 119 cm³/mol. The normalized spacial score (nSPS) is 17.8. The Hall–Kier alpha value is -2.61. The number of carbonyl (C=O) groups excluding carboxylic acids is 1. The molecular weight excluding hydrogens is 342 g/mol. The van der Waals surface area contributed by atoms with Gasteiger partial charge in [0.25, 0.3) is 0 Å². The Kier molecular flexibility index (Phi) is 6.18. The first-order valence-electron chi connectivity index (χ1n) is 10.2. The smallest absolute Gasteiger partial charge is 0.221 e. The van der Waals surface area contributed by atoms with Crippen molar-refractivity contribution in [3.8, 4) is 0 Å². The van der Waals surface area contributed by atoms with E-state index in [1.807, 2.05) is 12.1 Å². The van der Waals surface area contributed by atoms with Gasteiger partial charge in [0.2, 0.25) is 5.91 Å². The van der Waals surface area contributed by atoms with Crippen LogP contribution in [-0.2, 0) is 4.79 Å². The fourth-order valence-corrected chi connectivity index (χ4v) is 3.84. The second-order valence-electron chi connectivity index (χ2n) is 8.79. The lowest BCUT2D eigenvalue weighted by molar-refractivity contribution is -0.114. The summed E-state index contributed by atoms with van der Waals surface area (Å²) in [4.78, 5) is 11.3. The number of rotatable bonds is 4. The molecule has 2 heteroatoms. The molecule has 2 aromatic carbocycles. The average Bonchev–Trinajstić information content (AvgIpc) is 2.67. The van der Waals surface area contributed by atoms with E-state index in [1.54, 1.807) is 0 Å². The summed E-state index contributed by atoms with van der Waals surface area (Å²) in [6.07, 6.45) is 8.18. The second kappa shape index (κ2) is 8.60. The van der Waals surface area contributed by atoms with Gasteiger partial charge < -0.3 is 5.32 Å². The summed E-state index contributed by atoms with van der Waals surface area (Å²) in [5.74, 6) is 0.572. The molecule has 1 unspecified atom stereocenters. The third kappa shape index (κ3) is 5.45. The van der Waals surface area contributed by atoms with Crippen LogP contribution in [0.2, 0.25) is 0 Å². The summed E-state index contributed by atoms with van der Waals surface area (Å²) >= 11 is 0. The van der Waals surface area contributed by atoms with Crippen LogP contribution in [0.5, 0.6) is 0 Å². The van der Waals surface area contributed by atoms with Crippen molar-refractivity contribution in [1.29, 1.82) is 0 Å². The van der Waals surface area contributed by atoms with Crippen molar-refractivity contribution >= 4 is 17.2 Å². The first-order valence-corrected chi connectivity index (χ1v) is 10.2. The standard InChI is InChI=1S/C26H31NO/c1-19(28)27-24-16-14-23(15-17-24)25(18-26(2,3)4)22-12-10-21(11-13-22)20-8-6-5-7-9-20/h5-9,12,14-18,21H,10-11,13H2,1-4H3,(H,27,28)/b25-18-. The van der Waals surface area contributed by atoms with E-state index in [1.165, 1.54) is 35.6 Å². The zero-order valence-electron chi connectivity index (χ0n) is 17.5. The number of allylic oxidation sites excluding steroid dienone is 4. The lowest BCUT2D eigenvalue weighted by Crippen LogP contribution is -2.08. The van der Waals surface area contributed by atoms with E-state index in [9.17, 15) is 4.79 Å². The predicted octanol–water partition coefficient (Wildman–Crippen LogP) is 6.97. The fourth-order valence-electron chi connectivity index (χ4n) is 3.84. The van der Waals surface area contributed by atoms with Gasteiger partial charge in [0, 0.05) is 12.6 Å². The molecule has 1 aliphatic carbocycles. The van der Waals surface area contributed by atoms with Gasteiger partial charge in [0.15, 0.2) is 0 Å². The van der Waals surface area contributed by atoms with Crippen LogP contribution in [0.15, 0.2) is 72.3 Å². The first-order chi connectivity index (χ1) is 13.3. The van der Waals surface area contributed by atoms with E-state index in [4.69, 9.17) is 0 Å². The highest BCUT2D eigenvalue weighted by Gasteiger charge is 2.20. The molecule has 1 amide bonds. The molecule has 2 aromatic rings. The highest BCUT2D eigenvalue weighted by molar-refractivity contribution is 5.89. The van der Waals surface area contributed by atoms with Gasteiger partial charge >= 0.3 is 0 Å². The van der Waals surface area contributed by atoms with E-state index in [0.29, 0.717) is 5.92 Å². The van der Waals surface area contributed by atoms with Gasteiger partial charge in [-0.25, -0.2) is 0 Å². The number of carbonyl (C=O) groups is 1. The van der Waals surface area contributed by atoms with Crippen molar-refractivity contribution in [2.24, 2.45) is 5.41 Å². The topological polar surface area (TPSA) is 29.1 Å². The number of hydrogen-bond acceptors (Lipinski definition) is 1. The third-order valence-electron chi connectivity index (χ3n) is 5.12. The van der Waals surface area contributed by atoms with Crippen molar-refractivity contribution in [2.75, 3.05) is 5.32 Å². The summed E-state index contributed by atoms with van der Waals surface area (Å²) in [5, 5.41) is 2.85. The molecular formula is C26H31NO. The Morgan fingerprint density at radius 2 is 1.71 bits per heavy atom. The zero-order valence-corrected chi connectivity index (χ0v) is 17.5. The summed E-state index contributed by atoms with van der Waals surface area (Å²) < 4.78 is 0. The minimum absolute atomic E-state index is 0.0415. The van der Waals surface area contributed by atoms with Gasteiger partial charge in [-0.05, 0) is 65.0 Å². The van der Waals surface area contributed by atoms with E-state index in [0.717, 1.165) is 18.5 Å². The lowest BCUT2D eigenvalue weighted by Gasteiger charge is -2.26. The average molecular weight is 374 g/mol. The van der Waals surface area contributed by atoms with Crippen LogP contribution in [0.3, 0.4) is 0 Å². The Morgan fingerprint density at radius 1 is 1.04 bits per heavy atom. The molecule has 146 valence electrons. The second-order valence-corrected chi connectivity index (χ2v) is 8.79. The number of hydrogen-bond donors (Lipinski definition) is 1. The zero-order chi connectivity index (χ0) is 20.1. The number of amides is 1. The van der Waals surface area contributed by atoms with E-state index in [-0.39, 0.29) is 11.3 Å². The molecule has 1 atom stereocenters. The molecule has 28 heavy (non-hydrogen) atoms. The largest absolute Gasteiger partial charge is 0.326 e. The molecule has 2 nitrogen and oxygen atoms in total. The fraction of sp³-hybridized carbons (Fsp3) is 0.346. The minimum Gasteiger partial charge on any atom is -0.326 e. The molecule has 0 radical (unpaired) electrons. The summed E-state index contributed by atoms with van der Waals surface area (Å²) in [7, 11) is 0. The highest BCUT2D eigenvalue weighted by atomic mass is 16.1. The maximum absolute atomic E-state index is 11.3. The Labute approximate surface area is 169 Å². The van der Waals surface area contributed by atoms with Gasteiger partial charge in [-0.3, -0.25) is 4.79 Å². The van der Waals surface area contributed by atoms with Crippen molar-refractivity contribution in [2.45, 2.75) is 52.9 Å². The molecule has 0 saturated heterocycles. The van der Waals surface area contributed by atoms with Crippen LogP contribution in [0.1, 0.15) is 64.0 Å². The Bertz CT molecular complexity index is 867. The van der Waals surface area contributed by atoms with E-state index < -0.39 is 0 Å². The SMILES string of the molecule is CC(=O)Nc1ccc(/C(=C\C(C)(C)C)C2=CCC(c3ccccc3)CC2)cc1. The van der Waals surface area contributed by atoms with Gasteiger partial charge in [-0.1, -0.05) is 75.4 Å². The number of benzene rings is 2. The molecule has 0 saturated carbocycles. The lowest BCUT2D eigenvalue weighted by atomic mass is 9.79. The van der Waals surface area contributed by atoms with Crippen LogP contribution in [-0.4, -0.2) is 5.91 Å². The van der Waals surface area contributed by atoms with Crippen LogP contribution < -0.4 is 5.32 Å². The highest BCUT2D eigenvalue weighted by Crippen LogP contribution is 2.39. The first kappa shape index (κ1) is 20.1. The van der Waals surface area contributed by atoms with Crippen LogP contribution in [0, 0.1) is 5.41 Å². The summed E-state index contributed by atoms with van der Waals surface area (Å²) in [5.41, 5.74) is 6.37. The molecule has 0 aromatic heterocycles. The summed E-state index contributed by atoms with van der Waals surface area (Å²) in [6, 6.07) is 19.1. The van der Waals surface area contributed by atoms with Crippen molar-refractivity contribution in [1.82, 2.24) is 0 Å². The molecule has 0 fully saturated rings. The van der Waals surface area contributed by atoms with Gasteiger partial charge in [-0.2, -0.15) is 0 Å². The van der Waals surface area contributed by atoms with Crippen LogP contribution in [0.4, 0.5) is 5.69 Å². The Morgan fingerprint density at radius 3 is 2.25 bits per heavy atom. The molecule has 0 heterocycles. The van der Waals surface area contributed by atoms with Crippen molar-refractivity contribution in [3.63, 3.8) is 0 Å². The monoisotopic (exact) mass is 373 g/mol. The quantitative estimate of drug-likeness (QED) is 0.616. The maximum Gasteiger partial charge on any atom is 0.221 e. The summed E-state index contributed by atoms with van der Waals surface area (Å²) in [6.45, 7) is 8.27. The molecule has 0 aliphatic heterocycles. The van der Waals surface area contributed by atoms with Crippen molar-refractivity contribution < 1.29 is 4.79 Å². The molecule has 1 N–H and O–H groups in total. The van der Waals surface area contributed by atoms with Crippen LogP contribution >= 0.6 is 0 Å². The molecule has 0 spiro atoms. The molecule has 3 rings (SSSR count). The molecule has 1 aliphatic rings. The maximum atomic E-state index is 11.3. The number of anilines is 1. The number of nitrogens with one attached hydrogen (secondary N) is 1. The molecule has 0 bridgehead atoms. The minimum atomic E-state index is -0.0415. The van der Waals surface area contributed by atoms with Crippen molar-refractivity contribution in [3.05, 3.63) is 83.4 Å². The van der Waals surface area contributed by atoms with Gasteiger partial charge in [0.05, 0.1) is 0 Å². The van der Waals surface area contributed by atoms with E-state index in [2.05, 4.69) is 80.7 Å². The van der Waals surface area contributed by atoms with Crippen LogP contribution in [0.25, 0.3) is 5.57 Å². The Balaban J connectivity index is 1.86.